The van der Waals surface area contributed by atoms with E-state index in [0.29, 0.717) is 6.04 Å². The molecule has 0 aliphatic heterocycles. The van der Waals surface area contributed by atoms with E-state index in [-0.39, 0.29) is 0 Å². The van der Waals surface area contributed by atoms with Crippen molar-refractivity contribution in [1.82, 2.24) is 14.1 Å². The third kappa shape index (κ3) is 3.40. The van der Waals surface area contributed by atoms with E-state index in [1.165, 1.54) is 31.0 Å². The lowest BCUT2D eigenvalue weighted by atomic mass is 10.1. The van der Waals surface area contributed by atoms with Crippen molar-refractivity contribution in [2.45, 2.75) is 38.6 Å². The molecule has 1 aromatic heterocycles. The smallest absolute Gasteiger partial charge is 0.0912 e. The number of rotatable bonds is 6. The molecule has 1 atom stereocenters. The standard InChI is InChI=1S/C9H17N3S/c1-3-4-5-6-8(10-2)9-7-11-13-12-9/h7-8,10H,3-6H2,1-2H3. The lowest BCUT2D eigenvalue weighted by Crippen LogP contribution is -2.16. The van der Waals surface area contributed by atoms with Crippen LogP contribution in [0.4, 0.5) is 0 Å². The third-order valence-corrected chi connectivity index (χ3v) is 2.67. The van der Waals surface area contributed by atoms with Gasteiger partial charge in [0.1, 0.15) is 0 Å². The molecule has 1 rings (SSSR count). The molecule has 1 N–H and O–H groups in total. The van der Waals surface area contributed by atoms with Crippen molar-refractivity contribution >= 4 is 11.7 Å². The summed E-state index contributed by atoms with van der Waals surface area (Å²) in [7, 11) is 1.98. The van der Waals surface area contributed by atoms with Gasteiger partial charge in [-0.2, -0.15) is 8.75 Å². The Labute approximate surface area is 83.9 Å². The predicted octanol–water partition coefficient (Wildman–Crippen LogP) is 2.38. The van der Waals surface area contributed by atoms with Gasteiger partial charge < -0.3 is 5.32 Å². The summed E-state index contributed by atoms with van der Waals surface area (Å²) in [6, 6.07) is 0.394. The number of nitrogens with one attached hydrogen (secondary N) is 1. The molecule has 13 heavy (non-hydrogen) atoms. The highest BCUT2D eigenvalue weighted by atomic mass is 32.1. The van der Waals surface area contributed by atoms with Crippen LogP contribution in [0.1, 0.15) is 44.3 Å². The lowest BCUT2D eigenvalue weighted by molar-refractivity contribution is 0.504. The van der Waals surface area contributed by atoms with E-state index >= 15 is 0 Å². The van der Waals surface area contributed by atoms with Crippen LogP contribution in [0.5, 0.6) is 0 Å². The molecule has 0 saturated heterocycles. The van der Waals surface area contributed by atoms with Gasteiger partial charge in [0.05, 0.1) is 29.7 Å². The van der Waals surface area contributed by atoms with Gasteiger partial charge in [-0.1, -0.05) is 26.2 Å². The molecule has 0 aromatic carbocycles. The summed E-state index contributed by atoms with van der Waals surface area (Å²) in [5, 5.41) is 3.27. The highest BCUT2D eigenvalue weighted by Gasteiger charge is 2.10. The molecule has 1 aromatic rings. The van der Waals surface area contributed by atoms with Crippen molar-refractivity contribution in [2.75, 3.05) is 7.05 Å². The molecular formula is C9H17N3S. The van der Waals surface area contributed by atoms with Gasteiger partial charge in [0, 0.05) is 0 Å². The van der Waals surface area contributed by atoms with Crippen molar-refractivity contribution in [2.24, 2.45) is 0 Å². The van der Waals surface area contributed by atoms with Crippen LogP contribution in [0.25, 0.3) is 0 Å². The Morgan fingerprint density at radius 1 is 1.54 bits per heavy atom. The topological polar surface area (TPSA) is 37.8 Å². The summed E-state index contributed by atoms with van der Waals surface area (Å²) in [5.41, 5.74) is 1.09. The van der Waals surface area contributed by atoms with E-state index in [1.54, 1.807) is 0 Å². The maximum absolute atomic E-state index is 4.23. The van der Waals surface area contributed by atoms with Gasteiger partial charge in [-0.25, -0.2) is 0 Å². The van der Waals surface area contributed by atoms with Crippen LogP contribution in [0.3, 0.4) is 0 Å². The van der Waals surface area contributed by atoms with Crippen molar-refractivity contribution in [3.8, 4) is 0 Å². The fourth-order valence-electron chi connectivity index (χ4n) is 1.36. The maximum atomic E-state index is 4.23. The Hall–Kier alpha value is -0.480. The van der Waals surface area contributed by atoms with Gasteiger partial charge in [0.25, 0.3) is 0 Å². The molecule has 4 heteroatoms. The molecular weight excluding hydrogens is 182 g/mol. The predicted molar refractivity (Wildman–Crippen MR) is 55.9 cm³/mol. The Morgan fingerprint density at radius 2 is 2.38 bits per heavy atom. The van der Waals surface area contributed by atoms with E-state index in [1.807, 2.05) is 13.2 Å². The molecule has 1 heterocycles. The van der Waals surface area contributed by atoms with E-state index in [2.05, 4.69) is 21.0 Å². The highest BCUT2D eigenvalue weighted by molar-refractivity contribution is 6.99. The zero-order valence-electron chi connectivity index (χ0n) is 8.29. The van der Waals surface area contributed by atoms with Gasteiger partial charge in [-0.05, 0) is 13.5 Å². The summed E-state index contributed by atoms with van der Waals surface area (Å²) in [6.45, 7) is 2.22. The summed E-state index contributed by atoms with van der Waals surface area (Å²) < 4.78 is 8.24. The molecule has 0 saturated carbocycles. The van der Waals surface area contributed by atoms with Crippen LogP contribution in [0, 0.1) is 0 Å². The lowest BCUT2D eigenvalue weighted by Gasteiger charge is -2.12. The van der Waals surface area contributed by atoms with E-state index < -0.39 is 0 Å². The van der Waals surface area contributed by atoms with Gasteiger partial charge in [0.2, 0.25) is 0 Å². The maximum Gasteiger partial charge on any atom is 0.0912 e. The van der Waals surface area contributed by atoms with Crippen molar-refractivity contribution < 1.29 is 0 Å². The summed E-state index contributed by atoms with van der Waals surface area (Å²) in [5.74, 6) is 0. The van der Waals surface area contributed by atoms with Gasteiger partial charge in [-0.3, -0.25) is 0 Å². The minimum absolute atomic E-state index is 0.394. The normalized spacial score (nSPS) is 13.1. The second kappa shape index (κ2) is 6.05. The Balaban J connectivity index is 2.35. The molecule has 0 fully saturated rings. The first-order valence-corrected chi connectivity index (χ1v) is 5.56. The van der Waals surface area contributed by atoms with Crippen molar-refractivity contribution in [3.63, 3.8) is 0 Å². The minimum atomic E-state index is 0.394. The quantitative estimate of drug-likeness (QED) is 0.715. The number of nitrogens with zero attached hydrogens (tertiary/aromatic N) is 2. The number of hydrogen-bond donors (Lipinski definition) is 1. The summed E-state index contributed by atoms with van der Waals surface area (Å²) in [4.78, 5) is 0. The van der Waals surface area contributed by atoms with E-state index in [9.17, 15) is 0 Å². The fraction of sp³-hybridized carbons (Fsp3) is 0.778. The van der Waals surface area contributed by atoms with E-state index in [0.717, 1.165) is 12.1 Å². The molecule has 3 nitrogen and oxygen atoms in total. The molecule has 0 aliphatic rings. The van der Waals surface area contributed by atoms with Crippen LogP contribution in [-0.2, 0) is 0 Å². The van der Waals surface area contributed by atoms with Crippen LogP contribution >= 0.6 is 11.7 Å². The highest BCUT2D eigenvalue weighted by Crippen LogP contribution is 2.17. The SMILES string of the molecule is CCCCCC(NC)c1cnsn1. The molecule has 0 amide bonds. The first-order chi connectivity index (χ1) is 6.38. The van der Waals surface area contributed by atoms with Crippen LogP contribution in [0.2, 0.25) is 0 Å². The molecule has 0 aliphatic carbocycles. The average molecular weight is 199 g/mol. The second-order valence-electron chi connectivity index (χ2n) is 3.17. The largest absolute Gasteiger partial charge is 0.312 e. The zero-order chi connectivity index (χ0) is 9.52. The van der Waals surface area contributed by atoms with Crippen LogP contribution < -0.4 is 5.32 Å². The van der Waals surface area contributed by atoms with Crippen molar-refractivity contribution in [1.29, 1.82) is 0 Å². The first-order valence-electron chi connectivity index (χ1n) is 4.83. The first kappa shape index (κ1) is 10.6. The minimum Gasteiger partial charge on any atom is -0.312 e. The Kier molecular flexibility index (Phi) is 4.93. The fourth-order valence-corrected chi connectivity index (χ4v) is 1.83. The molecule has 0 bridgehead atoms. The van der Waals surface area contributed by atoms with Gasteiger partial charge in [0.15, 0.2) is 0 Å². The van der Waals surface area contributed by atoms with Gasteiger partial charge >= 0.3 is 0 Å². The zero-order valence-corrected chi connectivity index (χ0v) is 9.10. The van der Waals surface area contributed by atoms with Gasteiger partial charge in [-0.15, -0.1) is 0 Å². The number of aromatic nitrogens is 2. The Bertz CT molecular complexity index is 211. The molecule has 74 valence electrons. The third-order valence-electron chi connectivity index (χ3n) is 2.18. The van der Waals surface area contributed by atoms with Crippen molar-refractivity contribution in [3.05, 3.63) is 11.9 Å². The van der Waals surface area contributed by atoms with Crippen LogP contribution in [-0.4, -0.2) is 15.8 Å². The van der Waals surface area contributed by atoms with Crippen LogP contribution in [0.15, 0.2) is 6.20 Å². The number of unbranched alkanes of at least 4 members (excludes halogenated alkanes) is 2. The van der Waals surface area contributed by atoms with E-state index in [4.69, 9.17) is 0 Å². The summed E-state index contributed by atoms with van der Waals surface area (Å²) in [6.07, 6.45) is 6.86. The Morgan fingerprint density at radius 3 is 2.92 bits per heavy atom. The average Bonchev–Trinajstić information content (AvgIpc) is 2.65. The monoisotopic (exact) mass is 199 g/mol. The molecule has 0 spiro atoms. The number of hydrogen-bond acceptors (Lipinski definition) is 4. The summed E-state index contributed by atoms with van der Waals surface area (Å²) >= 11 is 1.28. The second-order valence-corrected chi connectivity index (χ2v) is 3.73. The molecule has 1 unspecified atom stereocenters. The molecule has 0 radical (unpaired) electrons.